The summed E-state index contributed by atoms with van der Waals surface area (Å²) in [6.45, 7) is 5.52. The van der Waals surface area contributed by atoms with Crippen molar-refractivity contribution in [1.82, 2.24) is 15.1 Å². The zero-order valence-electron chi connectivity index (χ0n) is 9.61. The standard InChI is InChI=1S/C13H17N3/c1-10-2-3-13-12(6-10)9-15-16(13)5-4-11-7-14-8-11/h2-3,6,9,11,14H,4-5,7-8H2,1H3. The molecule has 0 saturated carbocycles. The number of hydrogen-bond donors (Lipinski definition) is 1. The highest BCUT2D eigenvalue weighted by molar-refractivity contribution is 5.79. The maximum Gasteiger partial charge on any atom is 0.0682 e. The molecule has 1 aliphatic rings. The molecular weight excluding hydrogens is 198 g/mol. The number of fused-ring (bicyclic) bond motifs is 1. The van der Waals surface area contributed by atoms with E-state index in [2.05, 4.69) is 40.2 Å². The molecule has 84 valence electrons. The van der Waals surface area contributed by atoms with Crippen molar-refractivity contribution in [2.45, 2.75) is 19.9 Å². The summed E-state index contributed by atoms with van der Waals surface area (Å²) in [4.78, 5) is 0. The molecule has 1 aromatic heterocycles. The van der Waals surface area contributed by atoms with E-state index in [0.29, 0.717) is 0 Å². The molecule has 1 N–H and O–H groups in total. The maximum atomic E-state index is 4.46. The second-order valence-electron chi connectivity index (χ2n) is 4.74. The molecule has 1 aromatic carbocycles. The second-order valence-corrected chi connectivity index (χ2v) is 4.74. The van der Waals surface area contributed by atoms with Crippen LogP contribution in [0.2, 0.25) is 0 Å². The summed E-state index contributed by atoms with van der Waals surface area (Å²) < 4.78 is 2.13. The highest BCUT2D eigenvalue weighted by Gasteiger charge is 2.16. The molecule has 2 heterocycles. The zero-order valence-corrected chi connectivity index (χ0v) is 9.61. The van der Waals surface area contributed by atoms with Crippen LogP contribution in [0, 0.1) is 12.8 Å². The summed E-state index contributed by atoms with van der Waals surface area (Å²) in [5.41, 5.74) is 2.56. The van der Waals surface area contributed by atoms with Crippen LogP contribution < -0.4 is 5.32 Å². The molecule has 3 heteroatoms. The Balaban J connectivity index is 1.80. The minimum absolute atomic E-state index is 0.852. The first-order chi connectivity index (χ1) is 7.83. The third kappa shape index (κ3) is 1.71. The van der Waals surface area contributed by atoms with Crippen molar-refractivity contribution in [3.05, 3.63) is 30.0 Å². The van der Waals surface area contributed by atoms with E-state index in [4.69, 9.17) is 0 Å². The van der Waals surface area contributed by atoms with Crippen molar-refractivity contribution in [2.75, 3.05) is 13.1 Å². The van der Waals surface area contributed by atoms with Crippen LogP contribution in [0.15, 0.2) is 24.4 Å². The first-order valence-electron chi connectivity index (χ1n) is 5.96. The normalized spacial score (nSPS) is 16.6. The lowest BCUT2D eigenvalue weighted by atomic mass is 10.00. The molecule has 3 rings (SSSR count). The molecular formula is C13H17N3. The van der Waals surface area contributed by atoms with Crippen molar-refractivity contribution in [2.24, 2.45) is 5.92 Å². The fourth-order valence-electron chi connectivity index (χ4n) is 2.24. The van der Waals surface area contributed by atoms with E-state index < -0.39 is 0 Å². The predicted octanol–water partition coefficient (Wildman–Crippen LogP) is 1.95. The Morgan fingerprint density at radius 3 is 3.06 bits per heavy atom. The highest BCUT2D eigenvalue weighted by Crippen LogP contribution is 2.17. The molecule has 0 bridgehead atoms. The van der Waals surface area contributed by atoms with Crippen LogP contribution in [0.3, 0.4) is 0 Å². The molecule has 0 atom stereocenters. The van der Waals surface area contributed by atoms with Crippen molar-refractivity contribution >= 4 is 10.9 Å². The number of aromatic nitrogens is 2. The van der Waals surface area contributed by atoms with E-state index >= 15 is 0 Å². The van der Waals surface area contributed by atoms with Crippen LogP contribution in [0.5, 0.6) is 0 Å². The van der Waals surface area contributed by atoms with Gasteiger partial charge in [0.25, 0.3) is 0 Å². The van der Waals surface area contributed by atoms with E-state index in [1.54, 1.807) is 0 Å². The summed E-state index contributed by atoms with van der Waals surface area (Å²) in [6, 6.07) is 6.53. The number of nitrogens with zero attached hydrogens (tertiary/aromatic N) is 2. The fraction of sp³-hybridized carbons (Fsp3) is 0.462. The van der Waals surface area contributed by atoms with Crippen molar-refractivity contribution in [3.63, 3.8) is 0 Å². The van der Waals surface area contributed by atoms with Gasteiger partial charge in [-0.05, 0) is 44.5 Å². The van der Waals surface area contributed by atoms with Gasteiger partial charge in [0.1, 0.15) is 0 Å². The first kappa shape index (κ1) is 9.85. The molecule has 3 nitrogen and oxygen atoms in total. The Kier molecular flexibility index (Phi) is 2.40. The Labute approximate surface area is 95.5 Å². The van der Waals surface area contributed by atoms with E-state index in [9.17, 15) is 0 Å². The van der Waals surface area contributed by atoms with Crippen molar-refractivity contribution in [1.29, 1.82) is 0 Å². The summed E-state index contributed by atoms with van der Waals surface area (Å²) in [7, 11) is 0. The van der Waals surface area contributed by atoms with Crippen LogP contribution in [-0.4, -0.2) is 22.9 Å². The van der Waals surface area contributed by atoms with E-state index in [-0.39, 0.29) is 0 Å². The molecule has 0 amide bonds. The van der Waals surface area contributed by atoms with E-state index in [0.717, 1.165) is 12.5 Å². The molecule has 2 aromatic rings. The molecule has 0 spiro atoms. The molecule has 1 aliphatic heterocycles. The second kappa shape index (κ2) is 3.91. The van der Waals surface area contributed by atoms with Crippen LogP contribution in [0.1, 0.15) is 12.0 Å². The average molecular weight is 215 g/mol. The average Bonchev–Trinajstić information content (AvgIpc) is 2.58. The highest BCUT2D eigenvalue weighted by atomic mass is 15.3. The van der Waals surface area contributed by atoms with Gasteiger partial charge >= 0.3 is 0 Å². The molecule has 1 fully saturated rings. The molecule has 16 heavy (non-hydrogen) atoms. The van der Waals surface area contributed by atoms with Gasteiger partial charge in [0, 0.05) is 11.9 Å². The lowest BCUT2D eigenvalue weighted by molar-refractivity contribution is 0.308. The van der Waals surface area contributed by atoms with E-state index in [1.165, 1.54) is 36.0 Å². The van der Waals surface area contributed by atoms with Gasteiger partial charge in [-0.25, -0.2) is 0 Å². The van der Waals surface area contributed by atoms with Gasteiger partial charge < -0.3 is 5.32 Å². The third-order valence-corrected chi connectivity index (χ3v) is 3.41. The summed E-state index contributed by atoms with van der Waals surface area (Å²) in [5, 5.41) is 9.03. The predicted molar refractivity (Wildman–Crippen MR) is 65.4 cm³/mol. The number of aryl methyl sites for hydroxylation is 2. The number of hydrogen-bond acceptors (Lipinski definition) is 2. The van der Waals surface area contributed by atoms with Gasteiger partial charge in [0.05, 0.1) is 11.7 Å². The number of rotatable bonds is 3. The maximum absolute atomic E-state index is 4.46. The monoisotopic (exact) mass is 215 g/mol. The Hall–Kier alpha value is -1.35. The van der Waals surface area contributed by atoms with Gasteiger partial charge in [-0.15, -0.1) is 0 Å². The Bertz CT molecular complexity index is 497. The molecule has 0 aliphatic carbocycles. The van der Waals surface area contributed by atoms with Gasteiger partial charge in [-0.1, -0.05) is 11.6 Å². The summed E-state index contributed by atoms with van der Waals surface area (Å²) in [6.07, 6.45) is 3.21. The first-order valence-corrected chi connectivity index (χ1v) is 5.96. The van der Waals surface area contributed by atoms with Gasteiger partial charge in [0.15, 0.2) is 0 Å². The fourth-order valence-corrected chi connectivity index (χ4v) is 2.24. The van der Waals surface area contributed by atoms with Crippen LogP contribution >= 0.6 is 0 Å². The quantitative estimate of drug-likeness (QED) is 0.848. The Morgan fingerprint density at radius 2 is 2.31 bits per heavy atom. The minimum Gasteiger partial charge on any atom is -0.316 e. The number of benzene rings is 1. The van der Waals surface area contributed by atoms with Gasteiger partial charge in [-0.2, -0.15) is 5.10 Å². The lowest BCUT2D eigenvalue weighted by Gasteiger charge is -2.26. The van der Waals surface area contributed by atoms with E-state index in [1.807, 2.05) is 6.20 Å². The van der Waals surface area contributed by atoms with Gasteiger partial charge in [0.2, 0.25) is 0 Å². The zero-order chi connectivity index (χ0) is 11.0. The summed E-state index contributed by atoms with van der Waals surface area (Å²) >= 11 is 0. The Morgan fingerprint density at radius 1 is 1.44 bits per heavy atom. The van der Waals surface area contributed by atoms with Crippen molar-refractivity contribution < 1.29 is 0 Å². The molecule has 0 radical (unpaired) electrons. The van der Waals surface area contributed by atoms with Crippen LogP contribution in [0.25, 0.3) is 10.9 Å². The van der Waals surface area contributed by atoms with Gasteiger partial charge in [-0.3, -0.25) is 4.68 Å². The largest absolute Gasteiger partial charge is 0.316 e. The lowest BCUT2D eigenvalue weighted by Crippen LogP contribution is -2.42. The smallest absolute Gasteiger partial charge is 0.0682 e. The molecule has 0 unspecified atom stereocenters. The topological polar surface area (TPSA) is 29.9 Å². The third-order valence-electron chi connectivity index (χ3n) is 3.41. The SMILES string of the molecule is Cc1ccc2c(cnn2CCC2CNC2)c1. The van der Waals surface area contributed by atoms with Crippen molar-refractivity contribution in [3.8, 4) is 0 Å². The molecule has 1 saturated heterocycles. The van der Waals surface area contributed by atoms with Crippen LogP contribution in [0.4, 0.5) is 0 Å². The van der Waals surface area contributed by atoms with Crippen LogP contribution in [-0.2, 0) is 6.54 Å². The minimum atomic E-state index is 0.852. The summed E-state index contributed by atoms with van der Waals surface area (Å²) in [5.74, 6) is 0.852. The number of nitrogens with one attached hydrogen (secondary N) is 1.